The second-order valence-corrected chi connectivity index (χ2v) is 8.69. The van der Waals surface area contributed by atoms with E-state index >= 15 is 0 Å². The first-order valence-corrected chi connectivity index (χ1v) is 10.4. The van der Waals surface area contributed by atoms with E-state index in [2.05, 4.69) is 10.3 Å². The van der Waals surface area contributed by atoms with Gasteiger partial charge in [0, 0.05) is 18.8 Å². The third kappa shape index (κ3) is 5.02. The molecule has 3 aromatic rings. The summed E-state index contributed by atoms with van der Waals surface area (Å²) in [4.78, 5) is 16.1. The number of nitrogens with zero attached hydrogens (tertiary/aromatic N) is 2. The van der Waals surface area contributed by atoms with Crippen LogP contribution >= 0.6 is 0 Å². The molecule has 0 atom stereocenters. The summed E-state index contributed by atoms with van der Waals surface area (Å²) in [6.45, 7) is 1.87. The molecule has 6 nitrogen and oxygen atoms in total. The number of aryl methyl sites for hydroxylation is 1. The van der Waals surface area contributed by atoms with Crippen molar-refractivity contribution in [3.63, 3.8) is 0 Å². The Morgan fingerprint density at radius 1 is 1.03 bits per heavy atom. The van der Waals surface area contributed by atoms with Gasteiger partial charge in [-0.3, -0.25) is 9.10 Å². The molecule has 1 aromatic heterocycles. The summed E-state index contributed by atoms with van der Waals surface area (Å²) in [6, 6.07) is 13.6. The fraction of sp³-hybridized carbons (Fsp3) is 0.143. The van der Waals surface area contributed by atoms with Crippen molar-refractivity contribution in [3.8, 4) is 0 Å². The number of pyridine rings is 1. The van der Waals surface area contributed by atoms with E-state index < -0.39 is 27.7 Å². The zero-order valence-corrected chi connectivity index (χ0v) is 17.3. The highest BCUT2D eigenvalue weighted by Crippen LogP contribution is 2.30. The fourth-order valence-electron chi connectivity index (χ4n) is 2.71. The van der Waals surface area contributed by atoms with Crippen LogP contribution in [-0.2, 0) is 16.2 Å². The third-order valence-corrected chi connectivity index (χ3v) is 6.26. The molecule has 0 saturated carbocycles. The minimum atomic E-state index is -4.59. The van der Waals surface area contributed by atoms with Crippen molar-refractivity contribution < 1.29 is 26.4 Å². The summed E-state index contributed by atoms with van der Waals surface area (Å²) in [5.41, 5.74) is 0.400. The normalized spacial score (nSPS) is 11.8. The lowest BCUT2D eigenvalue weighted by Crippen LogP contribution is -2.27. The Morgan fingerprint density at radius 3 is 2.35 bits per heavy atom. The van der Waals surface area contributed by atoms with Gasteiger partial charge in [-0.15, -0.1) is 0 Å². The topological polar surface area (TPSA) is 79.4 Å². The number of benzene rings is 2. The molecule has 0 bridgehead atoms. The first kappa shape index (κ1) is 22.3. The third-order valence-electron chi connectivity index (χ3n) is 4.48. The van der Waals surface area contributed by atoms with Gasteiger partial charge in [0.2, 0.25) is 0 Å². The molecular formula is C21H18F3N3O3S. The first-order valence-electron chi connectivity index (χ1n) is 8.99. The van der Waals surface area contributed by atoms with Gasteiger partial charge in [-0.2, -0.15) is 13.2 Å². The number of hydrogen-bond donors (Lipinski definition) is 1. The number of halogens is 3. The molecule has 0 aliphatic carbocycles. The highest BCUT2D eigenvalue weighted by Gasteiger charge is 2.31. The molecule has 0 saturated heterocycles. The largest absolute Gasteiger partial charge is 0.416 e. The Bertz CT molecular complexity index is 1210. The molecule has 0 unspecified atom stereocenters. The number of hydrogen-bond acceptors (Lipinski definition) is 4. The van der Waals surface area contributed by atoms with Crippen LogP contribution in [0.1, 0.15) is 21.5 Å². The minimum absolute atomic E-state index is 0.0439. The number of carbonyl (C=O) groups is 1. The molecule has 0 aliphatic heterocycles. The molecule has 1 amide bonds. The van der Waals surface area contributed by atoms with E-state index in [0.29, 0.717) is 11.8 Å². The monoisotopic (exact) mass is 449 g/mol. The highest BCUT2D eigenvalue weighted by molar-refractivity contribution is 7.92. The second kappa shape index (κ2) is 8.38. The van der Waals surface area contributed by atoms with E-state index in [-0.39, 0.29) is 16.3 Å². The SMILES string of the molecule is Cc1ccc(N(C)S(=O)(=O)c2cccc(C(=O)Nc3cc(C(F)(F)F)ccn3)c2)cc1. The van der Waals surface area contributed by atoms with E-state index in [1.165, 1.54) is 25.2 Å². The van der Waals surface area contributed by atoms with Crippen LogP contribution in [0, 0.1) is 6.92 Å². The quantitative estimate of drug-likeness (QED) is 0.623. The molecule has 0 aliphatic rings. The number of carbonyl (C=O) groups excluding carboxylic acids is 1. The Labute approximate surface area is 177 Å². The number of aromatic nitrogens is 1. The van der Waals surface area contributed by atoms with Crippen LogP contribution in [0.5, 0.6) is 0 Å². The van der Waals surface area contributed by atoms with Crippen LogP contribution in [0.15, 0.2) is 71.8 Å². The number of rotatable bonds is 5. The Morgan fingerprint density at radius 2 is 1.71 bits per heavy atom. The predicted molar refractivity (Wildman–Crippen MR) is 110 cm³/mol. The molecule has 0 spiro atoms. The van der Waals surface area contributed by atoms with Crippen LogP contribution in [0.2, 0.25) is 0 Å². The second-order valence-electron chi connectivity index (χ2n) is 6.72. The summed E-state index contributed by atoms with van der Waals surface area (Å²) < 4.78 is 65.5. The average Bonchev–Trinajstić information content (AvgIpc) is 2.73. The predicted octanol–water partition coefficient (Wildman–Crippen LogP) is 4.49. The first-order chi connectivity index (χ1) is 14.5. The smallest absolute Gasteiger partial charge is 0.307 e. The van der Waals surface area contributed by atoms with E-state index in [1.807, 2.05) is 6.92 Å². The summed E-state index contributed by atoms with van der Waals surface area (Å²) in [5, 5.41) is 2.26. The summed E-state index contributed by atoms with van der Waals surface area (Å²) >= 11 is 0. The van der Waals surface area contributed by atoms with Gasteiger partial charge >= 0.3 is 6.18 Å². The van der Waals surface area contributed by atoms with Crippen LogP contribution in [0.25, 0.3) is 0 Å². The van der Waals surface area contributed by atoms with Crippen molar-refractivity contribution in [1.82, 2.24) is 4.98 Å². The highest BCUT2D eigenvalue weighted by atomic mass is 32.2. The molecule has 3 rings (SSSR count). The molecule has 0 fully saturated rings. The Kier molecular flexibility index (Phi) is 6.03. The molecule has 1 heterocycles. The molecule has 162 valence electrons. The molecule has 10 heteroatoms. The number of alkyl halides is 3. The zero-order chi connectivity index (χ0) is 22.8. The lowest BCUT2D eigenvalue weighted by molar-refractivity contribution is -0.137. The average molecular weight is 449 g/mol. The maximum Gasteiger partial charge on any atom is 0.416 e. The molecule has 2 aromatic carbocycles. The summed E-state index contributed by atoms with van der Waals surface area (Å²) in [5.74, 6) is -1.09. The summed E-state index contributed by atoms with van der Waals surface area (Å²) in [7, 11) is -2.58. The molecule has 0 radical (unpaired) electrons. The van der Waals surface area contributed by atoms with Gasteiger partial charge in [-0.25, -0.2) is 13.4 Å². The lowest BCUT2D eigenvalue weighted by atomic mass is 10.2. The van der Waals surface area contributed by atoms with Crippen LogP contribution in [0.3, 0.4) is 0 Å². The molecular weight excluding hydrogens is 431 g/mol. The van der Waals surface area contributed by atoms with Gasteiger partial charge < -0.3 is 5.32 Å². The molecule has 1 N–H and O–H groups in total. The standard InChI is InChI=1S/C21H18F3N3O3S/c1-14-6-8-17(9-7-14)27(2)31(29,30)18-5-3-4-15(12-18)20(28)26-19-13-16(10-11-25-19)21(22,23)24/h3-13H,1-2H3,(H,25,26,28). The van der Waals surface area contributed by atoms with Gasteiger partial charge in [0.05, 0.1) is 16.1 Å². The molecule has 31 heavy (non-hydrogen) atoms. The maximum absolute atomic E-state index is 13.0. The van der Waals surface area contributed by atoms with E-state index in [4.69, 9.17) is 0 Å². The van der Waals surface area contributed by atoms with E-state index in [9.17, 15) is 26.4 Å². The number of sulfonamides is 1. The minimum Gasteiger partial charge on any atom is -0.307 e. The van der Waals surface area contributed by atoms with Gasteiger partial charge in [0.1, 0.15) is 5.82 Å². The Balaban J connectivity index is 1.85. The summed E-state index contributed by atoms with van der Waals surface area (Å²) in [6.07, 6.45) is -3.66. The van der Waals surface area contributed by atoms with Crippen molar-refractivity contribution in [3.05, 3.63) is 83.6 Å². The van der Waals surface area contributed by atoms with Gasteiger partial charge in [0.25, 0.3) is 15.9 Å². The fourth-order valence-corrected chi connectivity index (χ4v) is 3.96. The lowest BCUT2D eigenvalue weighted by Gasteiger charge is -2.20. The maximum atomic E-state index is 13.0. The van der Waals surface area contributed by atoms with Crippen molar-refractivity contribution in [2.45, 2.75) is 18.0 Å². The van der Waals surface area contributed by atoms with Crippen LogP contribution in [-0.4, -0.2) is 26.4 Å². The van der Waals surface area contributed by atoms with Crippen LogP contribution < -0.4 is 9.62 Å². The zero-order valence-electron chi connectivity index (χ0n) is 16.5. The Hall–Kier alpha value is -3.40. The van der Waals surface area contributed by atoms with Gasteiger partial charge in [-0.05, 0) is 49.4 Å². The van der Waals surface area contributed by atoms with Crippen molar-refractivity contribution in [1.29, 1.82) is 0 Å². The van der Waals surface area contributed by atoms with E-state index in [1.54, 1.807) is 24.3 Å². The van der Waals surface area contributed by atoms with Crippen molar-refractivity contribution >= 4 is 27.4 Å². The number of amides is 1. The number of nitrogens with one attached hydrogen (secondary N) is 1. The van der Waals surface area contributed by atoms with Gasteiger partial charge in [-0.1, -0.05) is 23.8 Å². The number of anilines is 2. The van der Waals surface area contributed by atoms with Crippen molar-refractivity contribution in [2.24, 2.45) is 0 Å². The van der Waals surface area contributed by atoms with E-state index in [0.717, 1.165) is 28.2 Å². The van der Waals surface area contributed by atoms with Crippen molar-refractivity contribution in [2.75, 3.05) is 16.7 Å². The van der Waals surface area contributed by atoms with Crippen LogP contribution in [0.4, 0.5) is 24.7 Å². The van der Waals surface area contributed by atoms with Gasteiger partial charge in [0.15, 0.2) is 0 Å².